The van der Waals surface area contributed by atoms with Gasteiger partial charge in [-0.15, -0.1) is 0 Å². The van der Waals surface area contributed by atoms with E-state index in [-0.39, 0.29) is 11.5 Å². The molecule has 1 rings (SSSR count). The lowest BCUT2D eigenvalue weighted by Gasteiger charge is -2.16. The van der Waals surface area contributed by atoms with E-state index < -0.39 is 9.84 Å². The molecule has 1 aliphatic rings. The Morgan fingerprint density at radius 2 is 1.77 bits per heavy atom. The molecule has 1 aliphatic carbocycles. The first-order chi connectivity index (χ1) is 10.6. The van der Waals surface area contributed by atoms with Crippen molar-refractivity contribution in [3.05, 3.63) is 0 Å². The molecule has 1 fully saturated rings. The van der Waals surface area contributed by atoms with Crippen LogP contribution in [-0.4, -0.2) is 58.7 Å². The third-order valence-electron chi connectivity index (χ3n) is 3.92. The van der Waals surface area contributed by atoms with Gasteiger partial charge < -0.3 is 15.4 Å². The summed E-state index contributed by atoms with van der Waals surface area (Å²) in [5.41, 5.74) is 0. The van der Waals surface area contributed by atoms with E-state index in [1.807, 2.05) is 0 Å². The number of ether oxygens (including phenoxy) is 1. The molecule has 0 unspecified atom stereocenters. The van der Waals surface area contributed by atoms with Gasteiger partial charge in [-0.2, -0.15) is 0 Å². The van der Waals surface area contributed by atoms with Crippen molar-refractivity contribution in [1.82, 2.24) is 10.6 Å². The second-order valence-corrected chi connectivity index (χ2v) is 8.12. The molecular formula is C15H31N3O3S. The normalized spacial score (nSPS) is 18.0. The van der Waals surface area contributed by atoms with Gasteiger partial charge in [0, 0.05) is 25.9 Å². The molecule has 22 heavy (non-hydrogen) atoms. The van der Waals surface area contributed by atoms with Crippen molar-refractivity contribution in [3.8, 4) is 0 Å². The summed E-state index contributed by atoms with van der Waals surface area (Å²) in [4.78, 5) is 4.08. The van der Waals surface area contributed by atoms with Crippen LogP contribution in [0.5, 0.6) is 0 Å². The Hall–Kier alpha value is -0.820. The minimum absolute atomic E-state index is 0.128. The molecule has 0 aromatic carbocycles. The molecule has 0 atom stereocenters. The van der Waals surface area contributed by atoms with Crippen LogP contribution in [0.15, 0.2) is 4.99 Å². The molecule has 0 saturated heterocycles. The first-order valence-corrected chi connectivity index (χ1v) is 10.2. The fourth-order valence-corrected chi connectivity index (χ4v) is 3.20. The van der Waals surface area contributed by atoms with Crippen LogP contribution in [-0.2, 0) is 14.6 Å². The zero-order valence-corrected chi connectivity index (χ0v) is 14.8. The topological polar surface area (TPSA) is 79.8 Å². The van der Waals surface area contributed by atoms with E-state index in [2.05, 4.69) is 15.6 Å². The summed E-state index contributed by atoms with van der Waals surface area (Å²) in [5, 5.41) is 6.16. The van der Waals surface area contributed by atoms with E-state index in [4.69, 9.17) is 4.74 Å². The first-order valence-electron chi connectivity index (χ1n) is 8.34. The van der Waals surface area contributed by atoms with E-state index in [0.717, 1.165) is 0 Å². The Morgan fingerprint density at radius 3 is 2.36 bits per heavy atom. The number of sulfone groups is 1. The molecule has 0 heterocycles. The van der Waals surface area contributed by atoms with Gasteiger partial charge in [-0.25, -0.2) is 8.42 Å². The fourth-order valence-electron chi connectivity index (χ4n) is 2.49. The molecule has 0 aromatic heterocycles. The van der Waals surface area contributed by atoms with Crippen molar-refractivity contribution in [2.45, 2.75) is 51.6 Å². The highest BCUT2D eigenvalue weighted by atomic mass is 32.2. The second-order valence-electron chi connectivity index (χ2n) is 5.65. The Bertz CT molecular complexity index is 416. The lowest BCUT2D eigenvalue weighted by atomic mass is 10.1. The standard InChI is InChI=1S/C15H31N3O3S/c1-3-22(19,20)13-11-18-15(16-2)17-10-12-21-14-8-6-4-5-7-9-14/h14H,3-13H2,1-2H3,(H2,16,17,18). The maximum atomic E-state index is 11.4. The Labute approximate surface area is 135 Å². The van der Waals surface area contributed by atoms with Crippen LogP contribution in [0.1, 0.15) is 45.4 Å². The third-order valence-corrected chi connectivity index (χ3v) is 5.62. The molecule has 0 radical (unpaired) electrons. The van der Waals surface area contributed by atoms with E-state index in [9.17, 15) is 8.42 Å². The van der Waals surface area contributed by atoms with Gasteiger partial charge >= 0.3 is 0 Å². The van der Waals surface area contributed by atoms with Gasteiger partial charge in [0.15, 0.2) is 15.8 Å². The molecule has 0 aliphatic heterocycles. The summed E-state index contributed by atoms with van der Waals surface area (Å²) < 4.78 is 28.7. The van der Waals surface area contributed by atoms with Crippen LogP contribution in [0.25, 0.3) is 0 Å². The molecule has 0 amide bonds. The summed E-state index contributed by atoms with van der Waals surface area (Å²) in [6.45, 7) is 3.36. The maximum absolute atomic E-state index is 11.4. The quantitative estimate of drug-likeness (QED) is 0.303. The molecule has 7 heteroatoms. The number of hydrogen-bond donors (Lipinski definition) is 2. The van der Waals surface area contributed by atoms with Gasteiger partial charge in [0.25, 0.3) is 0 Å². The fraction of sp³-hybridized carbons (Fsp3) is 0.933. The average Bonchev–Trinajstić information content (AvgIpc) is 2.78. The Morgan fingerprint density at radius 1 is 1.14 bits per heavy atom. The third kappa shape index (κ3) is 8.58. The van der Waals surface area contributed by atoms with Crippen molar-refractivity contribution < 1.29 is 13.2 Å². The van der Waals surface area contributed by atoms with E-state index >= 15 is 0 Å². The predicted octanol–water partition coefficient (Wildman–Crippen LogP) is 1.33. The van der Waals surface area contributed by atoms with Crippen LogP contribution in [0.3, 0.4) is 0 Å². The summed E-state index contributed by atoms with van der Waals surface area (Å²) in [5.74, 6) is 0.925. The highest BCUT2D eigenvalue weighted by Crippen LogP contribution is 2.19. The number of aliphatic imine (C=N–C) groups is 1. The minimum atomic E-state index is -2.94. The predicted molar refractivity (Wildman–Crippen MR) is 91.1 cm³/mol. The summed E-state index contributed by atoms with van der Waals surface area (Å²) in [7, 11) is -1.26. The Balaban J connectivity index is 2.13. The lowest BCUT2D eigenvalue weighted by Crippen LogP contribution is -2.41. The number of rotatable bonds is 8. The van der Waals surface area contributed by atoms with Crippen LogP contribution in [0.2, 0.25) is 0 Å². The maximum Gasteiger partial charge on any atom is 0.191 e. The molecule has 2 N–H and O–H groups in total. The lowest BCUT2D eigenvalue weighted by molar-refractivity contribution is 0.0468. The molecule has 1 saturated carbocycles. The SMILES string of the molecule is CCS(=O)(=O)CCNC(=NC)NCCOC1CCCCCC1. The molecule has 6 nitrogen and oxygen atoms in total. The number of guanidine groups is 1. The van der Waals surface area contributed by atoms with Crippen LogP contribution in [0, 0.1) is 0 Å². The van der Waals surface area contributed by atoms with Crippen LogP contribution >= 0.6 is 0 Å². The zero-order chi connectivity index (χ0) is 16.3. The van der Waals surface area contributed by atoms with Crippen molar-refractivity contribution in [2.75, 3.05) is 38.2 Å². The zero-order valence-electron chi connectivity index (χ0n) is 13.9. The molecule has 0 spiro atoms. The molecule has 130 valence electrons. The summed E-state index contributed by atoms with van der Waals surface area (Å²) in [6.07, 6.45) is 7.93. The molecule has 0 bridgehead atoms. The van der Waals surface area contributed by atoms with Gasteiger partial charge in [0.1, 0.15) is 0 Å². The average molecular weight is 333 g/mol. The van der Waals surface area contributed by atoms with Crippen LogP contribution < -0.4 is 10.6 Å². The van der Waals surface area contributed by atoms with Crippen molar-refractivity contribution in [3.63, 3.8) is 0 Å². The Kier molecular flexibility index (Phi) is 9.47. The second kappa shape index (κ2) is 10.8. The number of nitrogens with zero attached hydrogens (tertiary/aromatic N) is 1. The van der Waals surface area contributed by atoms with Crippen LogP contribution in [0.4, 0.5) is 0 Å². The van der Waals surface area contributed by atoms with E-state index in [0.29, 0.717) is 31.8 Å². The monoisotopic (exact) mass is 333 g/mol. The molecule has 0 aromatic rings. The van der Waals surface area contributed by atoms with Gasteiger partial charge in [0.05, 0.1) is 18.5 Å². The highest BCUT2D eigenvalue weighted by molar-refractivity contribution is 7.91. The van der Waals surface area contributed by atoms with Gasteiger partial charge in [-0.3, -0.25) is 4.99 Å². The smallest absolute Gasteiger partial charge is 0.191 e. The number of nitrogens with one attached hydrogen (secondary N) is 2. The number of hydrogen-bond acceptors (Lipinski definition) is 4. The van der Waals surface area contributed by atoms with E-state index in [1.165, 1.54) is 38.5 Å². The van der Waals surface area contributed by atoms with Crippen molar-refractivity contribution in [1.29, 1.82) is 0 Å². The highest BCUT2D eigenvalue weighted by Gasteiger charge is 2.12. The summed E-state index contributed by atoms with van der Waals surface area (Å²) in [6, 6.07) is 0. The van der Waals surface area contributed by atoms with Gasteiger partial charge in [-0.1, -0.05) is 32.6 Å². The largest absolute Gasteiger partial charge is 0.376 e. The van der Waals surface area contributed by atoms with E-state index in [1.54, 1.807) is 14.0 Å². The van der Waals surface area contributed by atoms with Crippen molar-refractivity contribution in [2.24, 2.45) is 4.99 Å². The molecular weight excluding hydrogens is 302 g/mol. The van der Waals surface area contributed by atoms with Gasteiger partial charge in [-0.05, 0) is 12.8 Å². The van der Waals surface area contributed by atoms with Crippen molar-refractivity contribution >= 4 is 15.8 Å². The minimum Gasteiger partial charge on any atom is -0.376 e. The summed E-state index contributed by atoms with van der Waals surface area (Å²) >= 11 is 0. The van der Waals surface area contributed by atoms with Gasteiger partial charge in [0.2, 0.25) is 0 Å². The first kappa shape index (κ1) is 19.2.